The standard InChI is InChI=1S/C24H28O8/c1-7-16(10-29-14(5)25)24(28)32-22-19-13(4)23(27)31-21(19)18-11(2)8-9-17(18)12(3)20(22)30-15(6)26/h7-8,17-22H,3-4,9-10H2,1-2,5-6H3/b16-7+/t17-,18-,19-,20+,21-,22-/m0/s1. The van der Waals surface area contributed by atoms with Gasteiger partial charge in [-0.1, -0.05) is 30.9 Å². The number of carbonyl (C=O) groups is 4. The highest BCUT2D eigenvalue weighted by atomic mass is 16.6. The summed E-state index contributed by atoms with van der Waals surface area (Å²) in [5.74, 6) is -3.49. The normalized spacial score (nSPS) is 31.7. The van der Waals surface area contributed by atoms with E-state index in [0.29, 0.717) is 12.0 Å². The first-order valence-electron chi connectivity index (χ1n) is 10.5. The quantitative estimate of drug-likeness (QED) is 0.276. The third kappa shape index (κ3) is 4.26. The third-order valence-electron chi connectivity index (χ3n) is 6.34. The van der Waals surface area contributed by atoms with Crippen molar-refractivity contribution in [3.63, 3.8) is 0 Å². The lowest BCUT2D eigenvalue weighted by Crippen LogP contribution is -2.44. The molecule has 32 heavy (non-hydrogen) atoms. The minimum Gasteiger partial charge on any atom is -0.461 e. The van der Waals surface area contributed by atoms with Crippen LogP contribution < -0.4 is 0 Å². The Hall–Kier alpha value is -3.16. The van der Waals surface area contributed by atoms with Crippen LogP contribution in [0.4, 0.5) is 0 Å². The number of carbonyl (C=O) groups excluding carboxylic acids is 4. The van der Waals surface area contributed by atoms with Crippen LogP contribution in [0.1, 0.15) is 34.1 Å². The first kappa shape index (κ1) is 23.5. The van der Waals surface area contributed by atoms with Gasteiger partial charge >= 0.3 is 23.9 Å². The molecule has 1 saturated carbocycles. The van der Waals surface area contributed by atoms with Gasteiger partial charge in [0, 0.05) is 25.3 Å². The molecule has 1 aliphatic heterocycles. The van der Waals surface area contributed by atoms with Crippen LogP contribution in [-0.4, -0.2) is 48.8 Å². The van der Waals surface area contributed by atoms with Crippen LogP contribution in [0.2, 0.25) is 0 Å². The van der Waals surface area contributed by atoms with E-state index in [1.165, 1.54) is 19.9 Å². The predicted molar refractivity (Wildman–Crippen MR) is 113 cm³/mol. The topological polar surface area (TPSA) is 105 Å². The lowest BCUT2D eigenvalue weighted by molar-refractivity contribution is -0.166. The highest BCUT2D eigenvalue weighted by Crippen LogP contribution is 2.51. The largest absolute Gasteiger partial charge is 0.461 e. The molecule has 0 bridgehead atoms. The number of hydrogen-bond donors (Lipinski definition) is 0. The number of esters is 4. The molecule has 1 heterocycles. The van der Waals surface area contributed by atoms with E-state index in [4.69, 9.17) is 18.9 Å². The van der Waals surface area contributed by atoms with Gasteiger partial charge in [0.2, 0.25) is 0 Å². The molecule has 172 valence electrons. The number of allylic oxidation sites excluding steroid dienone is 2. The summed E-state index contributed by atoms with van der Waals surface area (Å²) >= 11 is 0. The molecule has 1 saturated heterocycles. The first-order chi connectivity index (χ1) is 15.1. The molecule has 0 aromatic carbocycles. The lowest BCUT2D eigenvalue weighted by Gasteiger charge is -2.31. The minimum atomic E-state index is -1.08. The highest BCUT2D eigenvalue weighted by Gasteiger charge is 2.58. The molecule has 8 nitrogen and oxygen atoms in total. The fourth-order valence-electron chi connectivity index (χ4n) is 4.78. The van der Waals surface area contributed by atoms with E-state index in [-0.39, 0.29) is 29.6 Å². The second kappa shape index (κ2) is 9.14. The fraction of sp³-hybridized carbons (Fsp3) is 0.500. The fourth-order valence-corrected chi connectivity index (χ4v) is 4.78. The van der Waals surface area contributed by atoms with Crippen molar-refractivity contribution in [2.24, 2.45) is 17.8 Å². The van der Waals surface area contributed by atoms with Gasteiger partial charge in [0.25, 0.3) is 0 Å². The van der Waals surface area contributed by atoms with Crippen molar-refractivity contribution >= 4 is 23.9 Å². The first-order valence-corrected chi connectivity index (χ1v) is 10.5. The van der Waals surface area contributed by atoms with E-state index in [0.717, 1.165) is 5.57 Å². The summed E-state index contributed by atoms with van der Waals surface area (Å²) in [7, 11) is 0. The molecule has 0 aromatic heterocycles. The Labute approximate surface area is 186 Å². The molecule has 0 N–H and O–H groups in total. The molecule has 3 rings (SSSR count). The summed E-state index contributed by atoms with van der Waals surface area (Å²) < 4.78 is 22.0. The summed E-state index contributed by atoms with van der Waals surface area (Å²) in [5.41, 5.74) is 1.89. The maximum absolute atomic E-state index is 13.0. The van der Waals surface area contributed by atoms with Crippen molar-refractivity contribution in [1.82, 2.24) is 0 Å². The molecule has 6 atom stereocenters. The van der Waals surface area contributed by atoms with Crippen LogP contribution >= 0.6 is 0 Å². The van der Waals surface area contributed by atoms with Crippen LogP contribution in [0, 0.1) is 17.8 Å². The summed E-state index contributed by atoms with van der Waals surface area (Å²) in [4.78, 5) is 48.6. The average Bonchev–Trinajstić information content (AvgIpc) is 3.21. The van der Waals surface area contributed by atoms with Gasteiger partial charge < -0.3 is 18.9 Å². The third-order valence-corrected chi connectivity index (χ3v) is 6.34. The van der Waals surface area contributed by atoms with Crippen molar-refractivity contribution in [2.45, 2.75) is 52.4 Å². The molecule has 3 aliphatic rings. The van der Waals surface area contributed by atoms with E-state index in [1.807, 2.05) is 6.92 Å². The molecule has 0 spiro atoms. The van der Waals surface area contributed by atoms with Gasteiger partial charge in [0.15, 0.2) is 12.2 Å². The van der Waals surface area contributed by atoms with Crippen LogP contribution in [0.15, 0.2) is 47.6 Å². The average molecular weight is 444 g/mol. The predicted octanol–water partition coefficient (Wildman–Crippen LogP) is 2.59. The van der Waals surface area contributed by atoms with Crippen molar-refractivity contribution in [2.75, 3.05) is 6.61 Å². The van der Waals surface area contributed by atoms with Crippen LogP contribution in [-0.2, 0) is 38.1 Å². The van der Waals surface area contributed by atoms with Crippen LogP contribution in [0.25, 0.3) is 0 Å². The van der Waals surface area contributed by atoms with Crippen molar-refractivity contribution < 1.29 is 38.1 Å². The number of rotatable bonds is 5. The maximum atomic E-state index is 13.0. The summed E-state index contributed by atoms with van der Waals surface area (Å²) in [6, 6.07) is 0. The Balaban J connectivity index is 2.02. The van der Waals surface area contributed by atoms with E-state index < -0.39 is 48.1 Å². The molecule has 0 amide bonds. The highest BCUT2D eigenvalue weighted by molar-refractivity contribution is 5.92. The van der Waals surface area contributed by atoms with Gasteiger partial charge in [-0.25, -0.2) is 9.59 Å². The molecular formula is C24H28O8. The Morgan fingerprint density at radius 3 is 2.44 bits per heavy atom. The van der Waals surface area contributed by atoms with Crippen molar-refractivity contribution in [1.29, 1.82) is 0 Å². The van der Waals surface area contributed by atoms with Gasteiger partial charge in [-0.15, -0.1) is 0 Å². The zero-order valence-corrected chi connectivity index (χ0v) is 18.7. The Bertz CT molecular complexity index is 940. The summed E-state index contributed by atoms with van der Waals surface area (Å²) in [6.45, 7) is 13.8. The summed E-state index contributed by atoms with van der Waals surface area (Å²) in [6.07, 6.45) is 1.48. The maximum Gasteiger partial charge on any atom is 0.337 e. The molecule has 0 aromatic rings. The van der Waals surface area contributed by atoms with Gasteiger partial charge in [0.05, 0.1) is 11.5 Å². The number of hydrogen-bond acceptors (Lipinski definition) is 8. The monoisotopic (exact) mass is 444 g/mol. The lowest BCUT2D eigenvalue weighted by atomic mass is 9.80. The molecule has 2 aliphatic carbocycles. The van der Waals surface area contributed by atoms with E-state index in [1.54, 1.807) is 6.92 Å². The molecule has 0 radical (unpaired) electrons. The minimum absolute atomic E-state index is 0.111. The Morgan fingerprint density at radius 2 is 1.84 bits per heavy atom. The SMILES string of the molecule is C=C1C(=O)O[C@@H]2[C@H]1[C@H](OC(=O)/C(=C/C)COC(C)=O)[C@H](OC(C)=O)C(=C)[C@@H]1CC=C(C)[C@H]21. The van der Waals surface area contributed by atoms with Crippen LogP contribution in [0.3, 0.4) is 0 Å². The van der Waals surface area contributed by atoms with E-state index in [2.05, 4.69) is 19.2 Å². The Kier molecular flexibility index (Phi) is 6.71. The van der Waals surface area contributed by atoms with Gasteiger partial charge in [-0.3, -0.25) is 9.59 Å². The smallest absolute Gasteiger partial charge is 0.337 e. The second-order valence-electron chi connectivity index (χ2n) is 8.31. The number of ether oxygens (including phenoxy) is 4. The zero-order valence-electron chi connectivity index (χ0n) is 18.7. The van der Waals surface area contributed by atoms with Gasteiger partial charge in [0.1, 0.15) is 12.7 Å². The van der Waals surface area contributed by atoms with Gasteiger partial charge in [-0.2, -0.15) is 0 Å². The molecular weight excluding hydrogens is 416 g/mol. The van der Waals surface area contributed by atoms with Gasteiger partial charge in [-0.05, 0) is 31.8 Å². The summed E-state index contributed by atoms with van der Waals surface area (Å²) in [5, 5.41) is 0. The second-order valence-corrected chi connectivity index (χ2v) is 8.31. The zero-order chi connectivity index (χ0) is 23.7. The number of fused-ring (bicyclic) bond motifs is 3. The Morgan fingerprint density at radius 1 is 1.16 bits per heavy atom. The van der Waals surface area contributed by atoms with Crippen LogP contribution in [0.5, 0.6) is 0 Å². The molecule has 2 fully saturated rings. The molecule has 8 heteroatoms. The van der Waals surface area contributed by atoms with E-state index in [9.17, 15) is 19.2 Å². The van der Waals surface area contributed by atoms with Crippen molar-refractivity contribution in [3.8, 4) is 0 Å². The van der Waals surface area contributed by atoms with E-state index >= 15 is 0 Å². The molecule has 0 unspecified atom stereocenters. The van der Waals surface area contributed by atoms with Crippen molar-refractivity contribution in [3.05, 3.63) is 47.6 Å².